The number of hydrogen-bond donors (Lipinski definition) is 1. The highest BCUT2D eigenvalue weighted by molar-refractivity contribution is 5.82. The van der Waals surface area contributed by atoms with Gasteiger partial charge in [0.1, 0.15) is 5.54 Å². The predicted molar refractivity (Wildman–Crippen MR) is 82.7 cm³/mol. The van der Waals surface area contributed by atoms with Gasteiger partial charge < -0.3 is 4.74 Å². The lowest BCUT2D eigenvalue weighted by Crippen LogP contribution is -2.50. The molecule has 0 aliphatic rings. The van der Waals surface area contributed by atoms with Crippen molar-refractivity contribution in [3.8, 4) is 0 Å². The van der Waals surface area contributed by atoms with E-state index < -0.39 is 5.54 Å². The van der Waals surface area contributed by atoms with Crippen LogP contribution in [-0.2, 0) is 21.5 Å². The summed E-state index contributed by atoms with van der Waals surface area (Å²) < 4.78 is 5.24. The monoisotopic (exact) mass is 277 g/mol. The summed E-state index contributed by atoms with van der Waals surface area (Å²) in [5.41, 5.74) is 1.45. The maximum absolute atomic E-state index is 12.3. The Balaban J connectivity index is 3.06. The molecular weight excluding hydrogens is 250 g/mol. The largest absolute Gasteiger partial charge is 0.464 e. The van der Waals surface area contributed by atoms with Gasteiger partial charge in [-0.3, -0.25) is 5.32 Å². The molecule has 0 aromatic heterocycles. The summed E-state index contributed by atoms with van der Waals surface area (Å²) in [6.07, 6.45) is 2.19. The number of carbonyl (C=O) groups excluding carboxylic acids is 1. The molecule has 1 atom stereocenters. The number of carbonyl (C=O) groups is 1. The third-order valence-corrected chi connectivity index (χ3v) is 3.33. The number of hydrogen-bond acceptors (Lipinski definition) is 3. The van der Waals surface area contributed by atoms with Crippen molar-refractivity contribution in [1.82, 2.24) is 5.32 Å². The summed E-state index contributed by atoms with van der Waals surface area (Å²) in [4.78, 5) is 12.3. The first-order valence-electron chi connectivity index (χ1n) is 7.48. The highest BCUT2D eigenvalue weighted by Gasteiger charge is 2.37. The molecule has 0 radical (unpaired) electrons. The van der Waals surface area contributed by atoms with Crippen molar-refractivity contribution >= 4 is 5.97 Å². The zero-order valence-corrected chi connectivity index (χ0v) is 13.3. The van der Waals surface area contributed by atoms with E-state index in [1.807, 2.05) is 39.8 Å². The lowest BCUT2D eigenvalue weighted by Gasteiger charge is -2.31. The first-order chi connectivity index (χ1) is 9.43. The van der Waals surface area contributed by atoms with Crippen LogP contribution in [0.4, 0.5) is 0 Å². The Hall–Kier alpha value is -1.35. The van der Waals surface area contributed by atoms with Crippen molar-refractivity contribution in [2.75, 3.05) is 6.61 Å². The number of benzene rings is 1. The zero-order valence-electron chi connectivity index (χ0n) is 13.3. The SMILES string of the molecule is CCCc1ccc(C(C)(NC(C)C)C(=O)OCC)cc1. The Kier molecular flexibility index (Phi) is 6.21. The van der Waals surface area contributed by atoms with Gasteiger partial charge in [-0.15, -0.1) is 0 Å². The van der Waals surface area contributed by atoms with E-state index >= 15 is 0 Å². The van der Waals surface area contributed by atoms with Gasteiger partial charge in [0.25, 0.3) is 0 Å². The molecule has 20 heavy (non-hydrogen) atoms. The van der Waals surface area contributed by atoms with Gasteiger partial charge in [-0.2, -0.15) is 0 Å². The van der Waals surface area contributed by atoms with Gasteiger partial charge in [-0.25, -0.2) is 4.79 Å². The van der Waals surface area contributed by atoms with E-state index in [9.17, 15) is 4.79 Å². The van der Waals surface area contributed by atoms with E-state index in [4.69, 9.17) is 4.74 Å². The Bertz CT molecular complexity index is 425. The van der Waals surface area contributed by atoms with E-state index in [0.29, 0.717) is 6.61 Å². The Morgan fingerprint density at radius 1 is 1.25 bits per heavy atom. The number of aryl methyl sites for hydroxylation is 1. The summed E-state index contributed by atoms with van der Waals surface area (Å²) >= 11 is 0. The van der Waals surface area contributed by atoms with Crippen LogP contribution >= 0.6 is 0 Å². The van der Waals surface area contributed by atoms with Gasteiger partial charge in [0, 0.05) is 6.04 Å². The smallest absolute Gasteiger partial charge is 0.330 e. The molecule has 0 aliphatic heterocycles. The maximum Gasteiger partial charge on any atom is 0.330 e. The lowest BCUT2D eigenvalue weighted by atomic mass is 9.90. The van der Waals surface area contributed by atoms with Crippen molar-refractivity contribution in [2.45, 2.75) is 59.0 Å². The number of esters is 1. The fourth-order valence-corrected chi connectivity index (χ4v) is 2.41. The van der Waals surface area contributed by atoms with Crippen molar-refractivity contribution in [1.29, 1.82) is 0 Å². The van der Waals surface area contributed by atoms with Gasteiger partial charge in [-0.1, -0.05) is 37.6 Å². The minimum absolute atomic E-state index is 0.194. The number of ether oxygens (including phenoxy) is 1. The van der Waals surface area contributed by atoms with E-state index in [1.54, 1.807) is 0 Å². The molecule has 0 saturated heterocycles. The van der Waals surface area contributed by atoms with Gasteiger partial charge in [0.2, 0.25) is 0 Å². The Labute approximate surface area is 122 Å². The average molecular weight is 277 g/mol. The molecule has 3 nitrogen and oxygen atoms in total. The minimum atomic E-state index is -0.797. The number of nitrogens with one attached hydrogen (secondary N) is 1. The van der Waals surface area contributed by atoms with E-state index in [-0.39, 0.29) is 12.0 Å². The molecule has 0 bridgehead atoms. The third-order valence-electron chi connectivity index (χ3n) is 3.33. The Morgan fingerprint density at radius 3 is 2.30 bits per heavy atom. The predicted octanol–water partition coefficient (Wildman–Crippen LogP) is 3.42. The fraction of sp³-hybridized carbons (Fsp3) is 0.588. The van der Waals surface area contributed by atoms with Crippen LogP contribution in [-0.4, -0.2) is 18.6 Å². The summed E-state index contributed by atoms with van der Waals surface area (Å²) in [6, 6.07) is 8.44. The van der Waals surface area contributed by atoms with Crippen LogP contribution in [0, 0.1) is 0 Å². The van der Waals surface area contributed by atoms with Crippen molar-refractivity contribution in [2.24, 2.45) is 0 Å². The number of rotatable bonds is 7. The quantitative estimate of drug-likeness (QED) is 0.776. The van der Waals surface area contributed by atoms with Gasteiger partial charge in [0.05, 0.1) is 6.61 Å². The molecule has 0 saturated carbocycles. The molecule has 3 heteroatoms. The molecule has 0 fully saturated rings. The molecule has 112 valence electrons. The van der Waals surface area contributed by atoms with E-state index in [2.05, 4.69) is 24.4 Å². The highest BCUT2D eigenvalue weighted by Crippen LogP contribution is 2.24. The second-order valence-corrected chi connectivity index (χ2v) is 5.59. The van der Waals surface area contributed by atoms with Crippen LogP contribution in [0.1, 0.15) is 52.2 Å². The summed E-state index contributed by atoms with van der Waals surface area (Å²) in [7, 11) is 0. The second-order valence-electron chi connectivity index (χ2n) is 5.59. The molecule has 0 amide bonds. The van der Waals surface area contributed by atoms with Gasteiger partial charge in [0.15, 0.2) is 0 Å². The van der Waals surface area contributed by atoms with Crippen LogP contribution in [0.25, 0.3) is 0 Å². The second kappa shape index (κ2) is 7.44. The van der Waals surface area contributed by atoms with Crippen molar-refractivity contribution < 1.29 is 9.53 Å². The highest BCUT2D eigenvalue weighted by atomic mass is 16.5. The van der Waals surface area contributed by atoms with Crippen LogP contribution in [0.5, 0.6) is 0 Å². The van der Waals surface area contributed by atoms with E-state index in [1.165, 1.54) is 5.56 Å². The molecule has 1 N–H and O–H groups in total. The van der Waals surface area contributed by atoms with Crippen LogP contribution in [0.2, 0.25) is 0 Å². The van der Waals surface area contributed by atoms with Gasteiger partial charge in [-0.05, 0) is 45.2 Å². The topological polar surface area (TPSA) is 38.3 Å². The molecule has 1 unspecified atom stereocenters. The summed E-state index contributed by atoms with van der Waals surface area (Å²) in [6.45, 7) is 10.3. The molecule has 1 aromatic rings. The van der Waals surface area contributed by atoms with Gasteiger partial charge >= 0.3 is 5.97 Å². The third kappa shape index (κ3) is 4.07. The lowest BCUT2D eigenvalue weighted by molar-refractivity contribution is -0.151. The van der Waals surface area contributed by atoms with Crippen molar-refractivity contribution in [3.63, 3.8) is 0 Å². The summed E-state index contributed by atoms with van der Waals surface area (Å²) in [5.74, 6) is -0.225. The standard InChI is InChI=1S/C17H27NO2/c1-6-8-14-9-11-15(12-10-14)17(5,18-13(3)4)16(19)20-7-2/h9-13,18H,6-8H2,1-5H3. The fourth-order valence-electron chi connectivity index (χ4n) is 2.41. The average Bonchev–Trinajstić information content (AvgIpc) is 2.39. The van der Waals surface area contributed by atoms with E-state index in [0.717, 1.165) is 18.4 Å². The first kappa shape index (κ1) is 16.7. The van der Waals surface area contributed by atoms with Crippen molar-refractivity contribution in [3.05, 3.63) is 35.4 Å². The summed E-state index contributed by atoms with van der Waals surface area (Å²) in [5, 5.41) is 3.33. The normalized spacial score (nSPS) is 14.1. The molecular formula is C17H27NO2. The molecule has 1 rings (SSSR count). The zero-order chi connectivity index (χ0) is 15.2. The molecule has 1 aromatic carbocycles. The maximum atomic E-state index is 12.3. The van der Waals surface area contributed by atoms with Crippen LogP contribution < -0.4 is 5.32 Å². The Morgan fingerprint density at radius 2 is 1.85 bits per heavy atom. The molecule has 0 aliphatic carbocycles. The first-order valence-corrected chi connectivity index (χ1v) is 7.48. The van der Waals surface area contributed by atoms with Crippen LogP contribution in [0.15, 0.2) is 24.3 Å². The molecule has 0 heterocycles. The van der Waals surface area contributed by atoms with Crippen LogP contribution in [0.3, 0.4) is 0 Å². The molecule has 0 spiro atoms. The minimum Gasteiger partial charge on any atom is -0.464 e.